The number of hydrogen-bond donors (Lipinski definition) is 1. The van der Waals surface area contributed by atoms with E-state index in [0.29, 0.717) is 5.69 Å². The van der Waals surface area contributed by atoms with Crippen LogP contribution in [0, 0.1) is 11.7 Å². The van der Waals surface area contributed by atoms with Crippen molar-refractivity contribution in [2.24, 2.45) is 5.92 Å². The lowest BCUT2D eigenvalue weighted by molar-refractivity contribution is -0.118. The van der Waals surface area contributed by atoms with Crippen molar-refractivity contribution in [3.8, 4) is 0 Å². The number of benzene rings is 1. The number of amides is 1. The van der Waals surface area contributed by atoms with E-state index in [1.54, 1.807) is 6.92 Å². The Morgan fingerprint density at radius 1 is 1.60 bits per heavy atom. The van der Waals surface area contributed by atoms with Gasteiger partial charge in [-0.05, 0) is 18.2 Å². The Morgan fingerprint density at radius 2 is 2.27 bits per heavy atom. The molecule has 1 unspecified atom stereocenters. The van der Waals surface area contributed by atoms with Gasteiger partial charge in [0.2, 0.25) is 5.91 Å². The topological polar surface area (TPSA) is 29.1 Å². The predicted octanol–water partition coefficient (Wildman–Crippen LogP) is 3.29. The van der Waals surface area contributed by atoms with E-state index < -0.39 is 5.82 Å². The van der Waals surface area contributed by atoms with Crippen LogP contribution in [-0.2, 0) is 4.79 Å². The summed E-state index contributed by atoms with van der Waals surface area (Å²) >= 11 is 11.3. The van der Waals surface area contributed by atoms with Crippen LogP contribution in [0.1, 0.15) is 6.92 Å². The van der Waals surface area contributed by atoms with Gasteiger partial charge in [0.1, 0.15) is 5.82 Å². The van der Waals surface area contributed by atoms with Crippen molar-refractivity contribution < 1.29 is 9.18 Å². The summed E-state index contributed by atoms with van der Waals surface area (Å²) in [5, 5.41) is 2.74. The normalized spacial score (nSPS) is 12.3. The number of hydrogen-bond acceptors (Lipinski definition) is 1. The zero-order chi connectivity index (χ0) is 11.4. The molecule has 0 aliphatic rings. The molecule has 15 heavy (non-hydrogen) atoms. The third kappa shape index (κ3) is 3.36. The molecule has 0 spiro atoms. The fraction of sp³-hybridized carbons (Fsp3) is 0.300. The molecule has 0 radical (unpaired) electrons. The van der Waals surface area contributed by atoms with Crippen LogP contribution >= 0.6 is 23.2 Å². The second-order valence-electron chi connectivity index (χ2n) is 3.17. The van der Waals surface area contributed by atoms with Crippen LogP contribution in [0.5, 0.6) is 0 Å². The lowest BCUT2D eigenvalue weighted by atomic mass is 10.2. The highest BCUT2D eigenvalue weighted by atomic mass is 35.5. The molecule has 1 atom stereocenters. The Kier molecular flexibility index (Phi) is 4.36. The van der Waals surface area contributed by atoms with Gasteiger partial charge in [0.05, 0.1) is 10.7 Å². The summed E-state index contributed by atoms with van der Waals surface area (Å²) in [4.78, 5) is 11.4. The summed E-state index contributed by atoms with van der Waals surface area (Å²) in [5.74, 6) is -0.764. The molecule has 0 saturated heterocycles. The summed E-state index contributed by atoms with van der Waals surface area (Å²) < 4.78 is 12.7. The van der Waals surface area contributed by atoms with Crippen LogP contribution < -0.4 is 5.32 Å². The fourth-order valence-electron chi connectivity index (χ4n) is 0.917. The Bertz CT molecular complexity index is 370. The standard InChI is InChI=1S/C10H10Cl2FNO/c1-6(5-11)10(15)14-9-3-2-7(13)4-8(9)12/h2-4,6H,5H2,1H3,(H,14,15). The van der Waals surface area contributed by atoms with Crippen molar-refractivity contribution in [3.05, 3.63) is 29.0 Å². The lowest BCUT2D eigenvalue weighted by Gasteiger charge is -2.10. The van der Waals surface area contributed by atoms with E-state index in [1.165, 1.54) is 12.1 Å². The monoisotopic (exact) mass is 249 g/mol. The highest BCUT2D eigenvalue weighted by molar-refractivity contribution is 6.33. The molecule has 0 aliphatic carbocycles. The summed E-state index contributed by atoms with van der Waals surface area (Å²) in [7, 11) is 0. The number of carbonyl (C=O) groups is 1. The number of carbonyl (C=O) groups excluding carboxylic acids is 1. The zero-order valence-electron chi connectivity index (χ0n) is 8.06. The van der Waals surface area contributed by atoms with E-state index >= 15 is 0 Å². The van der Waals surface area contributed by atoms with Crippen molar-refractivity contribution in [3.63, 3.8) is 0 Å². The first-order chi connectivity index (χ1) is 7.04. The number of anilines is 1. The molecule has 2 nitrogen and oxygen atoms in total. The van der Waals surface area contributed by atoms with E-state index in [2.05, 4.69) is 5.32 Å². The SMILES string of the molecule is CC(CCl)C(=O)Nc1ccc(F)cc1Cl. The van der Waals surface area contributed by atoms with Crippen molar-refractivity contribution in [1.82, 2.24) is 0 Å². The minimum Gasteiger partial charge on any atom is -0.324 e. The number of alkyl halides is 1. The minimum atomic E-state index is -0.441. The Morgan fingerprint density at radius 3 is 2.80 bits per heavy atom. The molecule has 0 bridgehead atoms. The molecule has 5 heteroatoms. The van der Waals surface area contributed by atoms with Crippen LogP contribution in [-0.4, -0.2) is 11.8 Å². The molecule has 0 aliphatic heterocycles. The molecule has 0 aromatic heterocycles. The average molecular weight is 250 g/mol. The van der Waals surface area contributed by atoms with Crippen LogP contribution in [0.15, 0.2) is 18.2 Å². The second kappa shape index (κ2) is 5.33. The number of rotatable bonds is 3. The van der Waals surface area contributed by atoms with Gasteiger partial charge in [-0.3, -0.25) is 4.79 Å². The third-order valence-corrected chi connectivity index (χ3v) is 2.64. The van der Waals surface area contributed by atoms with E-state index in [0.717, 1.165) is 6.07 Å². The van der Waals surface area contributed by atoms with E-state index in [9.17, 15) is 9.18 Å². The molecule has 0 heterocycles. The van der Waals surface area contributed by atoms with Crippen molar-refractivity contribution >= 4 is 34.8 Å². The Balaban J connectivity index is 2.77. The fourth-order valence-corrected chi connectivity index (χ4v) is 1.27. The summed E-state index contributed by atoms with van der Waals surface area (Å²) in [6.45, 7) is 1.69. The van der Waals surface area contributed by atoms with E-state index in [4.69, 9.17) is 23.2 Å². The van der Waals surface area contributed by atoms with Gasteiger partial charge in [-0.2, -0.15) is 0 Å². The summed E-state index contributed by atoms with van der Waals surface area (Å²) in [6.07, 6.45) is 0. The highest BCUT2D eigenvalue weighted by Crippen LogP contribution is 2.22. The van der Waals surface area contributed by atoms with Gasteiger partial charge < -0.3 is 5.32 Å². The smallest absolute Gasteiger partial charge is 0.228 e. The van der Waals surface area contributed by atoms with Crippen molar-refractivity contribution in [2.45, 2.75) is 6.92 Å². The van der Waals surface area contributed by atoms with Crippen LogP contribution in [0.3, 0.4) is 0 Å². The number of nitrogens with one attached hydrogen (secondary N) is 1. The van der Waals surface area contributed by atoms with Gasteiger partial charge in [0.25, 0.3) is 0 Å². The van der Waals surface area contributed by atoms with Gasteiger partial charge in [-0.1, -0.05) is 18.5 Å². The molecule has 0 saturated carbocycles. The Hall–Kier alpha value is -0.800. The van der Waals surface area contributed by atoms with E-state index in [-0.39, 0.29) is 22.7 Å². The first-order valence-electron chi connectivity index (χ1n) is 4.36. The third-order valence-electron chi connectivity index (χ3n) is 1.87. The molecule has 1 rings (SSSR count). The maximum Gasteiger partial charge on any atom is 0.228 e. The average Bonchev–Trinajstić information content (AvgIpc) is 2.20. The maximum absolute atomic E-state index is 12.7. The summed E-state index contributed by atoms with van der Waals surface area (Å²) in [6, 6.07) is 3.78. The minimum absolute atomic E-state index is 0.171. The zero-order valence-corrected chi connectivity index (χ0v) is 9.57. The quantitative estimate of drug-likeness (QED) is 0.819. The van der Waals surface area contributed by atoms with Gasteiger partial charge >= 0.3 is 0 Å². The van der Waals surface area contributed by atoms with E-state index in [1.807, 2.05) is 0 Å². The Labute approximate surface area is 97.4 Å². The van der Waals surface area contributed by atoms with Crippen LogP contribution in [0.25, 0.3) is 0 Å². The number of halogens is 3. The van der Waals surface area contributed by atoms with Crippen LogP contribution in [0.2, 0.25) is 5.02 Å². The molecular weight excluding hydrogens is 240 g/mol. The van der Waals surface area contributed by atoms with Gasteiger partial charge in [0.15, 0.2) is 0 Å². The molecule has 82 valence electrons. The molecule has 1 aromatic carbocycles. The van der Waals surface area contributed by atoms with Crippen LogP contribution in [0.4, 0.5) is 10.1 Å². The first kappa shape index (κ1) is 12.3. The molecule has 1 amide bonds. The predicted molar refractivity (Wildman–Crippen MR) is 59.9 cm³/mol. The van der Waals surface area contributed by atoms with Crippen molar-refractivity contribution in [2.75, 3.05) is 11.2 Å². The highest BCUT2D eigenvalue weighted by Gasteiger charge is 2.13. The van der Waals surface area contributed by atoms with Gasteiger partial charge in [-0.25, -0.2) is 4.39 Å². The molecular formula is C10H10Cl2FNO. The second-order valence-corrected chi connectivity index (χ2v) is 3.88. The molecule has 1 aromatic rings. The molecule has 1 N–H and O–H groups in total. The largest absolute Gasteiger partial charge is 0.324 e. The molecule has 0 fully saturated rings. The summed E-state index contributed by atoms with van der Waals surface area (Å²) in [5.41, 5.74) is 0.389. The van der Waals surface area contributed by atoms with Gasteiger partial charge in [0, 0.05) is 11.8 Å². The maximum atomic E-state index is 12.7. The van der Waals surface area contributed by atoms with Gasteiger partial charge in [-0.15, -0.1) is 11.6 Å². The lowest BCUT2D eigenvalue weighted by Crippen LogP contribution is -2.21. The first-order valence-corrected chi connectivity index (χ1v) is 5.27. The van der Waals surface area contributed by atoms with Crippen molar-refractivity contribution in [1.29, 1.82) is 0 Å².